The van der Waals surface area contributed by atoms with E-state index in [0.29, 0.717) is 11.0 Å². The van der Waals surface area contributed by atoms with Crippen LogP contribution in [-0.4, -0.2) is 43.8 Å². The van der Waals surface area contributed by atoms with Gasteiger partial charge in [0.25, 0.3) is 0 Å². The molecule has 1 aliphatic rings. The quantitative estimate of drug-likeness (QED) is 0.578. The zero-order valence-corrected chi connectivity index (χ0v) is 17.4. The van der Waals surface area contributed by atoms with Gasteiger partial charge in [0, 0.05) is 11.4 Å². The minimum atomic E-state index is -0.469. The van der Waals surface area contributed by atoms with Crippen molar-refractivity contribution in [1.29, 1.82) is 0 Å². The van der Waals surface area contributed by atoms with Crippen LogP contribution in [0, 0.1) is 0 Å². The number of nitrogens with two attached hydrogens (primary N) is 1. The molecule has 0 bridgehead atoms. The average Bonchev–Trinajstić information content (AvgIpc) is 3.46. The molecular weight excluding hydrogens is 414 g/mol. The number of thiophene rings is 2. The standard InChI is InChI=1S/C18H19N5O2S3/c19-15(24)10-23-17(14-6-3-9-27-14)20-21-18(23)28-11-16(25)22-7-1-4-12(22)13-5-2-8-26-13/h2-3,5-6,8-9,12H,1,4,7,10-11H2,(H2,19,24)/t12-/m1/s1. The highest BCUT2D eigenvalue weighted by Crippen LogP contribution is 2.35. The second kappa shape index (κ2) is 8.46. The van der Waals surface area contributed by atoms with Gasteiger partial charge in [-0.05, 0) is 35.7 Å². The first-order chi connectivity index (χ1) is 13.6. The topological polar surface area (TPSA) is 94.1 Å². The van der Waals surface area contributed by atoms with E-state index in [0.717, 1.165) is 24.3 Å². The van der Waals surface area contributed by atoms with Crippen molar-refractivity contribution >= 4 is 46.2 Å². The molecule has 0 aliphatic carbocycles. The third kappa shape index (κ3) is 3.98. The molecule has 0 aromatic carbocycles. The molecule has 1 saturated heterocycles. The lowest BCUT2D eigenvalue weighted by molar-refractivity contribution is -0.129. The Kier molecular flexibility index (Phi) is 5.79. The molecule has 0 spiro atoms. The van der Waals surface area contributed by atoms with Crippen LogP contribution in [0.1, 0.15) is 23.8 Å². The van der Waals surface area contributed by atoms with E-state index in [9.17, 15) is 9.59 Å². The van der Waals surface area contributed by atoms with Gasteiger partial charge in [0.1, 0.15) is 6.54 Å². The Hall–Kier alpha value is -2.17. The number of amides is 2. The number of primary amides is 1. The van der Waals surface area contributed by atoms with E-state index >= 15 is 0 Å². The maximum atomic E-state index is 12.9. The Bertz CT molecular complexity index is 952. The lowest BCUT2D eigenvalue weighted by Gasteiger charge is -2.23. The van der Waals surface area contributed by atoms with E-state index in [4.69, 9.17) is 5.73 Å². The molecule has 0 saturated carbocycles. The Morgan fingerprint density at radius 2 is 2.04 bits per heavy atom. The minimum absolute atomic E-state index is 0.0156. The van der Waals surface area contributed by atoms with Crippen molar-refractivity contribution < 1.29 is 9.59 Å². The van der Waals surface area contributed by atoms with Crippen LogP contribution >= 0.6 is 34.4 Å². The summed E-state index contributed by atoms with van der Waals surface area (Å²) in [6.45, 7) is 0.759. The summed E-state index contributed by atoms with van der Waals surface area (Å²) < 4.78 is 1.69. The molecule has 2 N–H and O–H groups in total. The molecule has 10 heteroatoms. The zero-order valence-electron chi connectivity index (χ0n) is 15.0. The number of thioether (sulfide) groups is 1. The summed E-state index contributed by atoms with van der Waals surface area (Å²) in [5.74, 6) is 0.458. The first kappa shape index (κ1) is 19.2. The smallest absolute Gasteiger partial charge is 0.237 e. The van der Waals surface area contributed by atoms with E-state index < -0.39 is 5.91 Å². The highest BCUT2D eigenvalue weighted by molar-refractivity contribution is 7.99. The van der Waals surface area contributed by atoms with Gasteiger partial charge >= 0.3 is 0 Å². The number of carbonyl (C=O) groups excluding carboxylic acids is 2. The predicted molar refractivity (Wildman–Crippen MR) is 111 cm³/mol. The molecule has 4 rings (SSSR count). The molecule has 1 fully saturated rings. The summed E-state index contributed by atoms with van der Waals surface area (Å²) in [6, 6.07) is 8.11. The van der Waals surface area contributed by atoms with Gasteiger partial charge in [0.15, 0.2) is 11.0 Å². The highest BCUT2D eigenvalue weighted by Gasteiger charge is 2.30. The Morgan fingerprint density at radius 3 is 2.75 bits per heavy atom. The van der Waals surface area contributed by atoms with Crippen molar-refractivity contribution in [1.82, 2.24) is 19.7 Å². The lowest BCUT2D eigenvalue weighted by Crippen LogP contribution is -2.31. The predicted octanol–water partition coefficient (Wildman–Crippen LogP) is 3.01. The van der Waals surface area contributed by atoms with Crippen LogP contribution in [0.15, 0.2) is 40.2 Å². The molecule has 146 valence electrons. The molecule has 0 radical (unpaired) electrons. The van der Waals surface area contributed by atoms with E-state index in [1.165, 1.54) is 28.0 Å². The monoisotopic (exact) mass is 433 g/mol. The molecular formula is C18H19N5O2S3. The molecule has 3 aromatic heterocycles. The Labute approximate surface area is 174 Å². The molecule has 0 unspecified atom stereocenters. The maximum Gasteiger partial charge on any atom is 0.237 e. The number of nitrogens with zero attached hydrogens (tertiary/aromatic N) is 4. The largest absolute Gasteiger partial charge is 0.368 e. The zero-order chi connectivity index (χ0) is 19.5. The molecule has 3 aromatic rings. The molecule has 1 atom stereocenters. The van der Waals surface area contributed by atoms with Gasteiger partial charge < -0.3 is 10.6 Å². The fourth-order valence-electron chi connectivity index (χ4n) is 3.33. The maximum absolute atomic E-state index is 12.9. The first-order valence-corrected chi connectivity index (χ1v) is 11.6. The molecule has 1 aliphatic heterocycles. The molecule has 28 heavy (non-hydrogen) atoms. The second-order valence-corrected chi connectivity index (χ2v) is 9.25. The average molecular weight is 434 g/mol. The van der Waals surface area contributed by atoms with E-state index in [1.807, 2.05) is 33.9 Å². The summed E-state index contributed by atoms with van der Waals surface area (Å²) >= 11 is 4.50. The van der Waals surface area contributed by atoms with Crippen molar-refractivity contribution in [3.05, 3.63) is 39.9 Å². The SMILES string of the molecule is NC(=O)Cn1c(SCC(=O)N2CCC[C@@H]2c2cccs2)nnc1-c1cccs1. The van der Waals surface area contributed by atoms with Crippen LogP contribution in [0.4, 0.5) is 0 Å². The highest BCUT2D eigenvalue weighted by atomic mass is 32.2. The van der Waals surface area contributed by atoms with Crippen LogP contribution in [-0.2, 0) is 16.1 Å². The summed E-state index contributed by atoms with van der Waals surface area (Å²) in [5, 5.41) is 12.9. The molecule has 7 nitrogen and oxygen atoms in total. The van der Waals surface area contributed by atoms with E-state index in [1.54, 1.807) is 15.9 Å². The normalized spacial score (nSPS) is 16.6. The van der Waals surface area contributed by atoms with Gasteiger partial charge in [-0.15, -0.1) is 32.9 Å². The summed E-state index contributed by atoms with van der Waals surface area (Å²) in [7, 11) is 0. The number of aromatic nitrogens is 3. The van der Waals surface area contributed by atoms with Crippen LogP contribution in [0.5, 0.6) is 0 Å². The summed E-state index contributed by atoms with van der Waals surface area (Å²) in [4.78, 5) is 28.5. The van der Waals surface area contributed by atoms with Gasteiger partial charge in [-0.2, -0.15) is 0 Å². The van der Waals surface area contributed by atoms with Crippen LogP contribution in [0.2, 0.25) is 0 Å². The van der Waals surface area contributed by atoms with Gasteiger partial charge in [0.05, 0.1) is 16.7 Å². The van der Waals surface area contributed by atoms with Gasteiger partial charge in [-0.3, -0.25) is 14.2 Å². The van der Waals surface area contributed by atoms with Crippen molar-refractivity contribution in [3.8, 4) is 10.7 Å². The molecule has 4 heterocycles. The van der Waals surface area contributed by atoms with Crippen molar-refractivity contribution in [2.75, 3.05) is 12.3 Å². The van der Waals surface area contributed by atoms with Gasteiger partial charge in [-0.1, -0.05) is 23.9 Å². The molecule has 2 amide bonds. The van der Waals surface area contributed by atoms with E-state index in [-0.39, 0.29) is 24.2 Å². The minimum Gasteiger partial charge on any atom is -0.368 e. The van der Waals surface area contributed by atoms with Crippen LogP contribution < -0.4 is 5.73 Å². The number of hydrogen-bond donors (Lipinski definition) is 1. The number of rotatable bonds is 7. The van der Waals surface area contributed by atoms with Crippen molar-refractivity contribution in [2.45, 2.75) is 30.6 Å². The summed E-state index contributed by atoms with van der Waals surface area (Å²) in [6.07, 6.45) is 2.01. The van der Waals surface area contributed by atoms with Crippen LogP contribution in [0.25, 0.3) is 10.7 Å². The lowest BCUT2D eigenvalue weighted by atomic mass is 10.2. The van der Waals surface area contributed by atoms with Crippen LogP contribution in [0.3, 0.4) is 0 Å². The van der Waals surface area contributed by atoms with Gasteiger partial charge in [0.2, 0.25) is 11.8 Å². The number of hydrogen-bond acceptors (Lipinski definition) is 7. The fourth-order valence-corrected chi connectivity index (χ4v) is 5.75. The van der Waals surface area contributed by atoms with Gasteiger partial charge in [-0.25, -0.2) is 0 Å². The second-order valence-electron chi connectivity index (χ2n) is 6.39. The fraction of sp³-hybridized carbons (Fsp3) is 0.333. The summed E-state index contributed by atoms with van der Waals surface area (Å²) in [5.41, 5.74) is 5.41. The van der Waals surface area contributed by atoms with Crippen molar-refractivity contribution in [3.63, 3.8) is 0 Å². The van der Waals surface area contributed by atoms with E-state index in [2.05, 4.69) is 16.3 Å². The Balaban J connectivity index is 1.48. The third-order valence-corrected chi connectivity index (χ3v) is 7.33. The Morgan fingerprint density at radius 1 is 1.21 bits per heavy atom. The number of likely N-dealkylation sites (tertiary alicyclic amines) is 1. The first-order valence-electron chi connectivity index (χ1n) is 8.84. The van der Waals surface area contributed by atoms with Crippen molar-refractivity contribution in [2.24, 2.45) is 5.73 Å². The number of carbonyl (C=O) groups is 2. The third-order valence-electron chi connectivity index (χ3n) is 4.54.